The molecule has 0 aromatic heterocycles. The minimum atomic E-state index is 0.501. The molecule has 0 bridgehead atoms. The van der Waals surface area contributed by atoms with Gasteiger partial charge in [-0.2, -0.15) is 11.8 Å². The lowest BCUT2D eigenvalue weighted by atomic mass is 10.1. The topological polar surface area (TPSA) is 29.3 Å². The van der Waals surface area contributed by atoms with Crippen LogP contribution in [0.1, 0.15) is 11.1 Å². The number of hydrogen-bond donors (Lipinski definition) is 1. The van der Waals surface area contributed by atoms with Gasteiger partial charge in [-0.25, -0.2) is 0 Å². The van der Waals surface area contributed by atoms with E-state index in [1.54, 1.807) is 0 Å². The number of aryl methyl sites for hydroxylation is 2. The van der Waals surface area contributed by atoms with E-state index in [0.29, 0.717) is 6.04 Å². The summed E-state index contributed by atoms with van der Waals surface area (Å²) in [6.07, 6.45) is 0. The van der Waals surface area contributed by atoms with Crippen LogP contribution in [0.25, 0.3) is 0 Å². The molecule has 1 aromatic carbocycles. The van der Waals surface area contributed by atoms with E-state index in [0.717, 1.165) is 18.8 Å². The van der Waals surface area contributed by atoms with Crippen LogP contribution in [0.2, 0.25) is 0 Å². The molecule has 2 nitrogen and oxygen atoms in total. The van der Waals surface area contributed by atoms with E-state index in [1.807, 2.05) is 11.8 Å². The van der Waals surface area contributed by atoms with E-state index in [-0.39, 0.29) is 0 Å². The summed E-state index contributed by atoms with van der Waals surface area (Å²) in [5.41, 5.74) is 9.90. The Morgan fingerprint density at radius 3 is 2.88 bits per heavy atom. The number of thioether (sulfide) groups is 1. The van der Waals surface area contributed by atoms with Gasteiger partial charge in [-0.05, 0) is 37.1 Å². The molecule has 3 heteroatoms. The summed E-state index contributed by atoms with van der Waals surface area (Å²) in [4.78, 5) is 2.46. The van der Waals surface area contributed by atoms with Crippen molar-refractivity contribution in [3.05, 3.63) is 29.3 Å². The molecule has 1 aliphatic rings. The predicted molar refractivity (Wildman–Crippen MR) is 73.4 cm³/mol. The number of nitrogens with two attached hydrogens (primary N) is 1. The molecule has 0 saturated carbocycles. The predicted octanol–water partition coefficient (Wildman–Crippen LogP) is 2.18. The molecule has 1 unspecified atom stereocenters. The monoisotopic (exact) mass is 236 g/mol. The van der Waals surface area contributed by atoms with Gasteiger partial charge in [0.05, 0.1) is 6.04 Å². The maximum Gasteiger partial charge on any atom is 0.0503 e. The van der Waals surface area contributed by atoms with Crippen LogP contribution in [0.5, 0.6) is 0 Å². The minimum Gasteiger partial charge on any atom is -0.366 e. The molecule has 1 aliphatic heterocycles. The molecule has 1 fully saturated rings. The van der Waals surface area contributed by atoms with E-state index >= 15 is 0 Å². The molecule has 0 amide bonds. The standard InChI is InChI=1S/C13H20N2S/c1-10-3-4-12(7-11(10)2)15-5-6-16-9-13(15)8-14/h3-4,7,13H,5-6,8-9,14H2,1-2H3. The fourth-order valence-corrected chi connectivity index (χ4v) is 3.17. The van der Waals surface area contributed by atoms with Crippen LogP contribution in [0.4, 0.5) is 5.69 Å². The van der Waals surface area contributed by atoms with E-state index in [4.69, 9.17) is 5.73 Å². The van der Waals surface area contributed by atoms with Crippen molar-refractivity contribution in [3.63, 3.8) is 0 Å². The SMILES string of the molecule is Cc1ccc(N2CCSCC2CN)cc1C. The van der Waals surface area contributed by atoms with Gasteiger partial charge in [-0.3, -0.25) is 0 Å². The highest BCUT2D eigenvalue weighted by Gasteiger charge is 2.21. The molecule has 0 spiro atoms. The van der Waals surface area contributed by atoms with Crippen LogP contribution in [0, 0.1) is 13.8 Å². The molecule has 1 heterocycles. The van der Waals surface area contributed by atoms with Crippen molar-refractivity contribution in [2.45, 2.75) is 19.9 Å². The largest absolute Gasteiger partial charge is 0.366 e. The van der Waals surface area contributed by atoms with Gasteiger partial charge in [0.15, 0.2) is 0 Å². The zero-order chi connectivity index (χ0) is 11.5. The van der Waals surface area contributed by atoms with E-state index in [2.05, 4.69) is 36.9 Å². The first-order chi connectivity index (χ1) is 7.72. The Kier molecular flexibility index (Phi) is 3.77. The van der Waals surface area contributed by atoms with Crippen LogP contribution in [0.3, 0.4) is 0 Å². The summed E-state index contributed by atoms with van der Waals surface area (Å²) in [5, 5.41) is 0. The summed E-state index contributed by atoms with van der Waals surface area (Å²) in [6, 6.07) is 7.22. The van der Waals surface area contributed by atoms with Crippen LogP contribution in [-0.4, -0.2) is 30.6 Å². The molecular weight excluding hydrogens is 216 g/mol. The molecule has 88 valence electrons. The Morgan fingerprint density at radius 1 is 1.38 bits per heavy atom. The Hall–Kier alpha value is -0.670. The van der Waals surface area contributed by atoms with Crippen molar-refractivity contribution in [2.24, 2.45) is 5.73 Å². The van der Waals surface area contributed by atoms with Gasteiger partial charge in [-0.1, -0.05) is 6.07 Å². The van der Waals surface area contributed by atoms with E-state index in [9.17, 15) is 0 Å². The summed E-state index contributed by atoms with van der Waals surface area (Å²) in [5.74, 6) is 2.37. The first kappa shape index (κ1) is 11.8. The second kappa shape index (κ2) is 5.11. The Balaban J connectivity index is 2.23. The van der Waals surface area contributed by atoms with Crippen molar-refractivity contribution in [2.75, 3.05) is 29.5 Å². The average molecular weight is 236 g/mol. The van der Waals surface area contributed by atoms with E-state index in [1.165, 1.54) is 22.6 Å². The third-order valence-corrected chi connectivity index (χ3v) is 4.41. The molecule has 0 radical (unpaired) electrons. The number of hydrogen-bond acceptors (Lipinski definition) is 3. The van der Waals surface area contributed by atoms with Crippen molar-refractivity contribution in [1.82, 2.24) is 0 Å². The minimum absolute atomic E-state index is 0.501. The molecule has 2 rings (SSSR count). The molecule has 1 aromatic rings. The highest BCUT2D eigenvalue weighted by atomic mass is 32.2. The molecule has 16 heavy (non-hydrogen) atoms. The zero-order valence-corrected chi connectivity index (χ0v) is 10.9. The van der Waals surface area contributed by atoms with Gasteiger partial charge in [-0.15, -0.1) is 0 Å². The third-order valence-electron chi connectivity index (χ3n) is 3.32. The highest BCUT2D eigenvalue weighted by Crippen LogP contribution is 2.25. The Morgan fingerprint density at radius 2 is 2.19 bits per heavy atom. The third kappa shape index (κ3) is 2.36. The highest BCUT2D eigenvalue weighted by molar-refractivity contribution is 7.99. The molecule has 2 N–H and O–H groups in total. The second-order valence-electron chi connectivity index (χ2n) is 4.43. The second-order valence-corrected chi connectivity index (χ2v) is 5.58. The number of benzene rings is 1. The van der Waals surface area contributed by atoms with Gasteiger partial charge in [0.1, 0.15) is 0 Å². The number of nitrogens with zero attached hydrogens (tertiary/aromatic N) is 1. The summed E-state index contributed by atoms with van der Waals surface area (Å²) in [6.45, 7) is 6.20. The van der Waals surface area contributed by atoms with Gasteiger partial charge in [0.2, 0.25) is 0 Å². The van der Waals surface area contributed by atoms with Crippen LogP contribution in [-0.2, 0) is 0 Å². The summed E-state index contributed by atoms with van der Waals surface area (Å²) >= 11 is 2.01. The number of anilines is 1. The lowest BCUT2D eigenvalue weighted by molar-refractivity contribution is 0.655. The molecular formula is C13H20N2S. The quantitative estimate of drug-likeness (QED) is 0.853. The van der Waals surface area contributed by atoms with Crippen molar-refractivity contribution >= 4 is 17.4 Å². The van der Waals surface area contributed by atoms with Gasteiger partial charge < -0.3 is 10.6 Å². The average Bonchev–Trinajstić information content (AvgIpc) is 2.32. The van der Waals surface area contributed by atoms with Gasteiger partial charge in [0.25, 0.3) is 0 Å². The Labute approximate surface area is 102 Å². The van der Waals surface area contributed by atoms with Crippen molar-refractivity contribution in [3.8, 4) is 0 Å². The molecule has 1 saturated heterocycles. The normalized spacial score (nSPS) is 21.2. The van der Waals surface area contributed by atoms with Crippen molar-refractivity contribution < 1.29 is 0 Å². The maximum atomic E-state index is 5.84. The molecule has 1 atom stereocenters. The van der Waals surface area contributed by atoms with Gasteiger partial charge >= 0.3 is 0 Å². The van der Waals surface area contributed by atoms with Crippen molar-refractivity contribution in [1.29, 1.82) is 0 Å². The number of rotatable bonds is 2. The van der Waals surface area contributed by atoms with Crippen LogP contribution >= 0.6 is 11.8 Å². The first-order valence-electron chi connectivity index (χ1n) is 5.84. The Bertz CT molecular complexity index is 365. The van der Waals surface area contributed by atoms with E-state index < -0.39 is 0 Å². The van der Waals surface area contributed by atoms with Crippen LogP contribution in [0.15, 0.2) is 18.2 Å². The summed E-state index contributed by atoms with van der Waals surface area (Å²) in [7, 11) is 0. The fourth-order valence-electron chi connectivity index (χ4n) is 2.09. The first-order valence-corrected chi connectivity index (χ1v) is 6.99. The zero-order valence-electron chi connectivity index (χ0n) is 10.1. The lowest BCUT2D eigenvalue weighted by Crippen LogP contribution is -2.46. The molecule has 0 aliphatic carbocycles. The maximum absolute atomic E-state index is 5.84. The fraction of sp³-hybridized carbons (Fsp3) is 0.538. The lowest BCUT2D eigenvalue weighted by Gasteiger charge is -2.36. The van der Waals surface area contributed by atoms with Gasteiger partial charge in [0, 0.05) is 30.3 Å². The summed E-state index contributed by atoms with van der Waals surface area (Å²) < 4.78 is 0. The smallest absolute Gasteiger partial charge is 0.0503 e. The van der Waals surface area contributed by atoms with Crippen LogP contribution < -0.4 is 10.6 Å².